The maximum absolute atomic E-state index is 3.70. The van der Waals surface area contributed by atoms with Crippen molar-refractivity contribution in [3.63, 3.8) is 0 Å². The normalized spacial score (nSPS) is 24.6. The zero-order valence-corrected chi connectivity index (χ0v) is 13.3. The molecule has 0 radical (unpaired) electrons. The summed E-state index contributed by atoms with van der Waals surface area (Å²) in [6.45, 7) is 7.23. The average molecular weight is 290 g/mol. The number of thioether (sulfide) groups is 1. The second kappa shape index (κ2) is 6.97. The zero-order valence-electron chi connectivity index (χ0n) is 12.5. The van der Waals surface area contributed by atoms with Crippen molar-refractivity contribution >= 4 is 11.8 Å². The average Bonchev–Trinajstić information content (AvgIpc) is 2.90. The largest absolute Gasteiger partial charge is 0.314 e. The second-order valence-electron chi connectivity index (χ2n) is 6.16. The highest BCUT2D eigenvalue weighted by molar-refractivity contribution is 8.00. The third-order valence-corrected chi connectivity index (χ3v) is 5.86. The Balaban J connectivity index is 1.38. The van der Waals surface area contributed by atoms with E-state index in [2.05, 4.69) is 41.4 Å². The van der Waals surface area contributed by atoms with E-state index in [1.807, 2.05) is 11.8 Å². The lowest BCUT2D eigenvalue weighted by Gasteiger charge is -2.32. The minimum absolute atomic E-state index is 0.684. The van der Waals surface area contributed by atoms with Gasteiger partial charge in [-0.1, -0.05) is 24.6 Å². The standard InChI is InChI=1S/C17H26N2S/c1-14(19-9-5-2-6-10-19)12-18-13-16-11-15-7-3-4-8-17(15)20-16/h3-4,7-8,14,16,18H,2,5-6,9-13H2,1H3. The molecule has 0 aromatic heterocycles. The molecule has 2 aliphatic rings. The molecule has 2 atom stereocenters. The molecule has 3 rings (SSSR count). The van der Waals surface area contributed by atoms with Crippen LogP contribution in [0.25, 0.3) is 0 Å². The quantitative estimate of drug-likeness (QED) is 0.897. The molecule has 0 aliphatic carbocycles. The number of fused-ring (bicyclic) bond motifs is 1. The summed E-state index contributed by atoms with van der Waals surface area (Å²) in [5.41, 5.74) is 1.54. The summed E-state index contributed by atoms with van der Waals surface area (Å²) in [7, 11) is 0. The van der Waals surface area contributed by atoms with Crippen molar-refractivity contribution < 1.29 is 0 Å². The molecule has 1 fully saturated rings. The fourth-order valence-corrected chi connectivity index (χ4v) is 4.59. The summed E-state index contributed by atoms with van der Waals surface area (Å²) < 4.78 is 0. The molecule has 1 aromatic rings. The molecule has 110 valence electrons. The van der Waals surface area contributed by atoms with Crippen LogP contribution in [0.15, 0.2) is 29.2 Å². The highest BCUT2D eigenvalue weighted by Crippen LogP contribution is 2.36. The third kappa shape index (κ3) is 3.57. The number of piperidine rings is 1. The Morgan fingerprint density at radius 1 is 1.25 bits per heavy atom. The highest BCUT2D eigenvalue weighted by atomic mass is 32.2. The fourth-order valence-electron chi connectivity index (χ4n) is 3.31. The van der Waals surface area contributed by atoms with Gasteiger partial charge in [-0.3, -0.25) is 4.90 Å². The van der Waals surface area contributed by atoms with Crippen molar-refractivity contribution in [1.29, 1.82) is 0 Å². The van der Waals surface area contributed by atoms with Gasteiger partial charge in [-0.05, 0) is 50.9 Å². The van der Waals surface area contributed by atoms with Crippen LogP contribution in [0.1, 0.15) is 31.7 Å². The molecule has 20 heavy (non-hydrogen) atoms. The van der Waals surface area contributed by atoms with E-state index in [0.717, 1.165) is 18.3 Å². The lowest BCUT2D eigenvalue weighted by atomic mass is 10.1. The first-order valence-corrected chi connectivity index (χ1v) is 8.90. The minimum Gasteiger partial charge on any atom is -0.314 e. The highest BCUT2D eigenvalue weighted by Gasteiger charge is 2.22. The van der Waals surface area contributed by atoms with Crippen molar-refractivity contribution in [2.45, 2.75) is 48.8 Å². The molecule has 2 aliphatic heterocycles. The van der Waals surface area contributed by atoms with E-state index in [0.29, 0.717) is 6.04 Å². The van der Waals surface area contributed by atoms with Crippen LogP contribution in [0.5, 0.6) is 0 Å². The Morgan fingerprint density at radius 2 is 2.05 bits per heavy atom. The maximum atomic E-state index is 3.70. The molecule has 0 amide bonds. The summed E-state index contributed by atoms with van der Waals surface area (Å²) in [6.07, 6.45) is 5.43. The van der Waals surface area contributed by atoms with Crippen molar-refractivity contribution in [3.05, 3.63) is 29.8 Å². The SMILES string of the molecule is CC(CNCC1Cc2ccccc2S1)N1CCCCC1. The molecule has 1 aromatic carbocycles. The Kier molecular flexibility index (Phi) is 5.03. The Hall–Kier alpha value is -0.510. The van der Waals surface area contributed by atoms with E-state index in [1.165, 1.54) is 49.2 Å². The molecule has 0 bridgehead atoms. The van der Waals surface area contributed by atoms with Gasteiger partial charge < -0.3 is 5.32 Å². The van der Waals surface area contributed by atoms with Gasteiger partial charge in [0.15, 0.2) is 0 Å². The van der Waals surface area contributed by atoms with Gasteiger partial charge in [0.2, 0.25) is 0 Å². The number of benzene rings is 1. The van der Waals surface area contributed by atoms with Gasteiger partial charge in [0.05, 0.1) is 0 Å². The number of rotatable bonds is 5. The van der Waals surface area contributed by atoms with Gasteiger partial charge in [-0.15, -0.1) is 11.8 Å². The van der Waals surface area contributed by atoms with Crippen LogP contribution in [0, 0.1) is 0 Å². The summed E-state index contributed by atoms with van der Waals surface area (Å²) in [4.78, 5) is 4.14. The first kappa shape index (κ1) is 14.4. The third-order valence-electron chi connectivity index (χ3n) is 4.54. The molecule has 3 heteroatoms. The van der Waals surface area contributed by atoms with Gasteiger partial charge >= 0.3 is 0 Å². The number of likely N-dealkylation sites (tertiary alicyclic amines) is 1. The Morgan fingerprint density at radius 3 is 2.85 bits per heavy atom. The molecule has 1 N–H and O–H groups in total. The van der Waals surface area contributed by atoms with Crippen LogP contribution in [0.3, 0.4) is 0 Å². The number of nitrogens with one attached hydrogen (secondary N) is 1. The molecule has 0 spiro atoms. The van der Waals surface area contributed by atoms with Crippen molar-refractivity contribution in [2.75, 3.05) is 26.2 Å². The van der Waals surface area contributed by atoms with Crippen LogP contribution in [0.4, 0.5) is 0 Å². The molecule has 2 heterocycles. The van der Waals surface area contributed by atoms with Crippen LogP contribution in [0.2, 0.25) is 0 Å². The predicted octanol–water partition coefficient (Wildman–Crippen LogP) is 3.17. The first-order valence-electron chi connectivity index (χ1n) is 8.02. The first-order chi connectivity index (χ1) is 9.83. The van der Waals surface area contributed by atoms with Crippen LogP contribution < -0.4 is 5.32 Å². The van der Waals surface area contributed by atoms with Crippen molar-refractivity contribution in [1.82, 2.24) is 10.2 Å². The monoisotopic (exact) mass is 290 g/mol. The Bertz CT molecular complexity index is 404. The van der Waals surface area contributed by atoms with Crippen LogP contribution in [-0.2, 0) is 6.42 Å². The van der Waals surface area contributed by atoms with E-state index >= 15 is 0 Å². The molecular weight excluding hydrogens is 264 g/mol. The summed E-state index contributed by atoms with van der Waals surface area (Å²) in [5, 5.41) is 4.42. The lowest BCUT2D eigenvalue weighted by Crippen LogP contribution is -2.44. The van der Waals surface area contributed by atoms with Crippen molar-refractivity contribution in [2.24, 2.45) is 0 Å². The van der Waals surface area contributed by atoms with E-state index in [-0.39, 0.29) is 0 Å². The smallest absolute Gasteiger partial charge is 0.0260 e. The van der Waals surface area contributed by atoms with Crippen LogP contribution in [-0.4, -0.2) is 42.4 Å². The number of hydrogen-bond donors (Lipinski definition) is 1. The Labute approximate surface area is 127 Å². The summed E-state index contributed by atoms with van der Waals surface area (Å²) >= 11 is 2.05. The van der Waals surface area contributed by atoms with E-state index in [4.69, 9.17) is 0 Å². The molecule has 1 saturated heterocycles. The zero-order chi connectivity index (χ0) is 13.8. The summed E-state index contributed by atoms with van der Waals surface area (Å²) in [5.74, 6) is 0. The van der Waals surface area contributed by atoms with Gasteiger partial charge in [-0.25, -0.2) is 0 Å². The minimum atomic E-state index is 0.684. The fraction of sp³-hybridized carbons (Fsp3) is 0.647. The molecule has 0 saturated carbocycles. The molecule has 2 unspecified atom stereocenters. The maximum Gasteiger partial charge on any atom is 0.0260 e. The predicted molar refractivity (Wildman–Crippen MR) is 87.5 cm³/mol. The van der Waals surface area contributed by atoms with Gasteiger partial charge in [0.25, 0.3) is 0 Å². The second-order valence-corrected chi connectivity index (χ2v) is 7.50. The molecular formula is C17H26N2S. The number of nitrogens with zero attached hydrogens (tertiary/aromatic N) is 1. The number of hydrogen-bond acceptors (Lipinski definition) is 3. The molecule has 2 nitrogen and oxygen atoms in total. The van der Waals surface area contributed by atoms with Gasteiger partial charge in [-0.2, -0.15) is 0 Å². The van der Waals surface area contributed by atoms with Gasteiger partial charge in [0.1, 0.15) is 0 Å². The topological polar surface area (TPSA) is 15.3 Å². The van der Waals surface area contributed by atoms with E-state index < -0.39 is 0 Å². The van der Waals surface area contributed by atoms with Crippen LogP contribution >= 0.6 is 11.8 Å². The van der Waals surface area contributed by atoms with Crippen molar-refractivity contribution in [3.8, 4) is 0 Å². The lowest BCUT2D eigenvalue weighted by molar-refractivity contribution is 0.171. The van der Waals surface area contributed by atoms with E-state index in [9.17, 15) is 0 Å². The van der Waals surface area contributed by atoms with Gasteiger partial charge in [0, 0.05) is 29.3 Å². The summed E-state index contributed by atoms with van der Waals surface area (Å²) in [6, 6.07) is 9.53. The van der Waals surface area contributed by atoms with E-state index in [1.54, 1.807) is 0 Å².